The van der Waals surface area contributed by atoms with E-state index < -0.39 is 0 Å². The molecule has 0 heterocycles. The number of nitrogens with two attached hydrogens (primary N) is 1. The first-order chi connectivity index (χ1) is 8.44. The molecule has 2 heteroatoms. The van der Waals surface area contributed by atoms with Gasteiger partial charge < -0.3 is 10.6 Å². The molecule has 96 valence electrons. The van der Waals surface area contributed by atoms with Crippen molar-refractivity contribution < 1.29 is 0 Å². The van der Waals surface area contributed by atoms with Crippen LogP contribution in [0.3, 0.4) is 0 Å². The van der Waals surface area contributed by atoms with Gasteiger partial charge in [-0.2, -0.15) is 0 Å². The Morgan fingerprint density at radius 2 is 1.72 bits per heavy atom. The standard InChI is InChI=1S/C16H22N2/c1-16(2,17)12-18(3)11-13-8-9-14-6-4-5-7-15(14)10-13/h4-10H,11-12,17H2,1-3H3. The fraction of sp³-hybridized carbons (Fsp3) is 0.375. The number of nitrogens with zero attached hydrogens (tertiary/aromatic N) is 1. The molecule has 2 rings (SSSR count). The molecule has 0 fully saturated rings. The highest BCUT2D eigenvalue weighted by Crippen LogP contribution is 2.16. The van der Waals surface area contributed by atoms with Gasteiger partial charge in [0.1, 0.15) is 0 Å². The Morgan fingerprint density at radius 3 is 2.39 bits per heavy atom. The van der Waals surface area contributed by atoms with Gasteiger partial charge in [0.15, 0.2) is 0 Å². The van der Waals surface area contributed by atoms with E-state index in [2.05, 4.69) is 68.3 Å². The van der Waals surface area contributed by atoms with Crippen molar-refractivity contribution in [1.29, 1.82) is 0 Å². The van der Waals surface area contributed by atoms with Gasteiger partial charge in [-0.05, 0) is 43.3 Å². The van der Waals surface area contributed by atoms with E-state index in [0.29, 0.717) is 0 Å². The first-order valence-electron chi connectivity index (χ1n) is 6.39. The Bertz CT molecular complexity index is 526. The highest BCUT2D eigenvalue weighted by molar-refractivity contribution is 5.82. The smallest absolute Gasteiger partial charge is 0.0231 e. The van der Waals surface area contributed by atoms with Crippen LogP contribution in [0.15, 0.2) is 42.5 Å². The van der Waals surface area contributed by atoms with Crippen molar-refractivity contribution in [2.24, 2.45) is 5.73 Å². The van der Waals surface area contributed by atoms with Crippen molar-refractivity contribution in [2.45, 2.75) is 25.9 Å². The zero-order valence-electron chi connectivity index (χ0n) is 11.5. The third-order valence-electron chi connectivity index (χ3n) is 2.94. The van der Waals surface area contributed by atoms with Crippen molar-refractivity contribution in [1.82, 2.24) is 4.90 Å². The summed E-state index contributed by atoms with van der Waals surface area (Å²) in [6.07, 6.45) is 0. The van der Waals surface area contributed by atoms with Crippen LogP contribution in [0, 0.1) is 0 Å². The summed E-state index contributed by atoms with van der Waals surface area (Å²) in [4.78, 5) is 2.27. The molecular formula is C16H22N2. The minimum atomic E-state index is -0.147. The topological polar surface area (TPSA) is 29.3 Å². The number of rotatable bonds is 4. The Morgan fingerprint density at radius 1 is 1.06 bits per heavy atom. The summed E-state index contributed by atoms with van der Waals surface area (Å²) in [5.41, 5.74) is 7.23. The van der Waals surface area contributed by atoms with Crippen molar-refractivity contribution in [3.63, 3.8) is 0 Å². The second-order valence-electron chi connectivity index (χ2n) is 5.84. The van der Waals surface area contributed by atoms with Gasteiger partial charge >= 0.3 is 0 Å². The van der Waals surface area contributed by atoms with Gasteiger partial charge in [0.05, 0.1) is 0 Å². The molecule has 0 saturated heterocycles. The van der Waals surface area contributed by atoms with Gasteiger partial charge in [-0.3, -0.25) is 0 Å². The van der Waals surface area contributed by atoms with E-state index in [1.807, 2.05) is 0 Å². The third kappa shape index (κ3) is 3.56. The van der Waals surface area contributed by atoms with Gasteiger partial charge in [0, 0.05) is 18.6 Å². The lowest BCUT2D eigenvalue weighted by Gasteiger charge is -2.26. The maximum atomic E-state index is 6.04. The molecule has 18 heavy (non-hydrogen) atoms. The number of benzene rings is 2. The van der Waals surface area contributed by atoms with E-state index in [4.69, 9.17) is 5.73 Å². The number of likely N-dealkylation sites (N-methyl/N-ethyl adjacent to an activating group) is 1. The van der Waals surface area contributed by atoms with Crippen LogP contribution < -0.4 is 5.73 Å². The van der Waals surface area contributed by atoms with Crippen molar-refractivity contribution in [3.8, 4) is 0 Å². The summed E-state index contributed by atoms with van der Waals surface area (Å²) in [5.74, 6) is 0. The molecule has 0 aliphatic carbocycles. The summed E-state index contributed by atoms with van der Waals surface area (Å²) in [5, 5.41) is 2.60. The number of fused-ring (bicyclic) bond motifs is 1. The maximum Gasteiger partial charge on any atom is 0.0231 e. The molecule has 0 bridgehead atoms. The first kappa shape index (κ1) is 13.1. The molecule has 2 N–H and O–H groups in total. The third-order valence-corrected chi connectivity index (χ3v) is 2.94. The molecule has 0 aliphatic heterocycles. The number of hydrogen-bond donors (Lipinski definition) is 1. The minimum absolute atomic E-state index is 0.147. The zero-order valence-corrected chi connectivity index (χ0v) is 11.5. The van der Waals surface area contributed by atoms with Crippen LogP contribution >= 0.6 is 0 Å². The molecule has 0 spiro atoms. The average molecular weight is 242 g/mol. The highest BCUT2D eigenvalue weighted by atomic mass is 15.1. The second kappa shape index (κ2) is 5.09. The van der Waals surface area contributed by atoms with Gasteiger partial charge in [-0.1, -0.05) is 36.4 Å². The molecule has 0 unspecified atom stereocenters. The summed E-state index contributed by atoms with van der Waals surface area (Å²) in [6, 6.07) is 15.1. The largest absolute Gasteiger partial charge is 0.324 e. The maximum absolute atomic E-state index is 6.04. The lowest BCUT2D eigenvalue weighted by atomic mass is 10.0. The molecule has 0 atom stereocenters. The lowest BCUT2D eigenvalue weighted by molar-refractivity contribution is 0.263. The quantitative estimate of drug-likeness (QED) is 0.893. The van der Waals surface area contributed by atoms with E-state index in [0.717, 1.165) is 13.1 Å². The van der Waals surface area contributed by atoms with Crippen molar-refractivity contribution in [2.75, 3.05) is 13.6 Å². The van der Waals surface area contributed by atoms with Crippen LogP contribution in [0.25, 0.3) is 10.8 Å². The molecule has 0 saturated carbocycles. The van der Waals surface area contributed by atoms with Crippen molar-refractivity contribution >= 4 is 10.8 Å². The van der Waals surface area contributed by atoms with Crippen LogP contribution in [0.1, 0.15) is 19.4 Å². The molecule has 2 aromatic rings. The van der Waals surface area contributed by atoms with Crippen LogP contribution in [-0.2, 0) is 6.54 Å². The zero-order chi connectivity index (χ0) is 13.2. The van der Waals surface area contributed by atoms with Crippen LogP contribution in [-0.4, -0.2) is 24.0 Å². The SMILES string of the molecule is CN(Cc1ccc2ccccc2c1)CC(C)(C)N. The molecule has 0 aromatic heterocycles. The van der Waals surface area contributed by atoms with E-state index in [9.17, 15) is 0 Å². The van der Waals surface area contributed by atoms with E-state index >= 15 is 0 Å². The molecule has 0 amide bonds. The molecular weight excluding hydrogens is 220 g/mol. The average Bonchev–Trinajstić information content (AvgIpc) is 2.26. The van der Waals surface area contributed by atoms with Crippen molar-refractivity contribution in [3.05, 3.63) is 48.0 Å². The monoisotopic (exact) mass is 242 g/mol. The summed E-state index contributed by atoms with van der Waals surface area (Å²) in [6.45, 7) is 5.94. The molecule has 2 aromatic carbocycles. The fourth-order valence-corrected chi connectivity index (χ4v) is 2.40. The normalized spacial score (nSPS) is 12.3. The van der Waals surface area contributed by atoms with Crippen LogP contribution in [0.5, 0.6) is 0 Å². The Hall–Kier alpha value is -1.38. The molecule has 0 radical (unpaired) electrons. The van der Waals surface area contributed by atoms with Gasteiger partial charge in [0.2, 0.25) is 0 Å². The number of hydrogen-bond acceptors (Lipinski definition) is 2. The molecule has 0 aliphatic rings. The van der Waals surface area contributed by atoms with E-state index in [-0.39, 0.29) is 5.54 Å². The Labute approximate surface area is 109 Å². The Balaban J connectivity index is 2.12. The van der Waals surface area contributed by atoms with Gasteiger partial charge in [-0.15, -0.1) is 0 Å². The summed E-state index contributed by atoms with van der Waals surface area (Å²) >= 11 is 0. The van der Waals surface area contributed by atoms with E-state index in [1.165, 1.54) is 16.3 Å². The lowest BCUT2D eigenvalue weighted by Crippen LogP contribution is -2.43. The fourth-order valence-electron chi connectivity index (χ4n) is 2.40. The second-order valence-corrected chi connectivity index (χ2v) is 5.84. The Kier molecular flexibility index (Phi) is 3.69. The van der Waals surface area contributed by atoms with Gasteiger partial charge in [-0.25, -0.2) is 0 Å². The summed E-state index contributed by atoms with van der Waals surface area (Å²) < 4.78 is 0. The predicted molar refractivity (Wildman–Crippen MR) is 78.5 cm³/mol. The predicted octanol–water partition coefficient (Wildman–Crippen LogP) is 3.01. The first-order valence-corrected chi connectivity index (χ1v) is 6.39. The van der Waals surface area contributed by atoms with Crippen LogP contribution in [0.2, 0.25) is 0 Å². The van der Waals surface area contributed by atoms with Crippen LogP contribution in [0.4, 0.5) is 0 Å². The minimum Gasteiger partial charge on any atom is -0.324 e. The molecule has 2 nitrogen and oxygen atoms in total. The highest BCUT2D eigenvalue weighted by Gasteiger charge is 2.13. The summed E-state index contributed by atoms with van der Waals surface area (Å²) in [7, 11) is 2.11. The van der Waals surface area contributed by atoms with Gasteiger partial charge in [0.25, 0.3) is 0 Å². The van der Waals surface area contributed by atoms with E-state index in [1.54, 1.807) is 0 Å².